The van der Waals surface area contributed by atoms with E-state index in [1.807, 2.05) is 47.1 Å². The molecule has 2 aromatic rings. The molecule has 5 heteroatoms. The Morgan fingerprint density at radius 3 is 2.95 bits per heavy atom. The quantitative estimate of drug-likeness (QED) is 0.864. The Kier molecular flexibility index (Phi) is 2.36. The summed E-state index contributed by atoms with van der Waals surface area (Å²) in [6, 6.07) is 7.96. The van der Waals surface area contributed by atoms with Crippen LogP contribution in [0.4, 0.5) is 17.2 Å². The van der Waals surface area contributed by atoms with Gasteiger partial charge >= 0.3 is 0 Å². The fourth-order valence-electron chi connectivity index (χ4n) is 2.70. The lowest BCUT2D eigenvalue weighted by Gasteiger charge is -2.22. The number of amides is 1. The Bertz CT molecular complexity index is 687. The number of para-hydroxylation sites is 2. The van der Waals surface area contributed by atoms with E-state index in [1.165, 1.54) is 0 Å². The number of carbonyl (C=O) groups excluding carboxylic acids is 1. The van der Waals surface area contributed by atoms with E-state index in [0.717, 1.165) is 35.6 Å². The molecule has 0 saturated heterocycles. The van der Waals surface area contributed by atoms with Crippen LogP contribution in [0.1, 0.15) is 18.4 Å². The minimum Gasteiger partial charge on any atom is -0.338 e. The summed E-state index contributed by atoms with van der Waals surface area (Å²) in [6.07, 6.45) is 3.87. The number of anilines is 3. The van der Waals surface area contributed by atoms with Gasteiger partial charge in [-0.15, -0.1) is 0 Å². The van der Waals surface area contributed by atoms with Crippen LogP contribution in [-0.2, 0) is 18.4 Å². The van der Waals surface area contributed by atoms with Gasteiger partial charge in [0.05, 0.1) is 24.1 Å². The van der Waals surface area contributed by atoms with Gasteiger partial charge in [0.1, 0.15) is 5.82 Å². The summed E-state index contributed by atoms with van der Waals surface area (Å²) in [6.45, 7) is 0.586. The van der Waals surface area contributed by atoms with Crippen molar-refractivity contribution in [2.24, 2.45) is 13.0 Å². The van der Waals surface area contributed by atoms with Crippen LogP contribution >= 0.6 is 0 Å². The number of fused-ring (bicyclic) bond motifs is 2. The molecule has 0 atom stereocenters. The first-order chi connectivity index (χ1) is 9.74. The van der Waals surface area contributed by atoms with E-state index in [4.69, 9.17) is 0 Å². The molecular formula is C15H16N4O. The Morgan fingerprint density at radius 2 is 2.15 bits per heavy atom. The summed E-state index contributed by atoms with van der Waals surface area (Å²) in [5.41, 5.74) is 2.97. The monoisotopic (exact) mass is 268 g/mol. The largest absolute Gasteiger partial charge is 0.338 e. The molecule has 2 heterocycles. The number of hydrogen-bond acceptors (Lipinski definition) is 3. The van der Waals surface area contributed by atoms with Gasteiger partial charge in [-0.3, -0.25) is 9.48 Å². The molecule has 1 saturated carbocycles. The number of carbonyl (C=O) groups is 1. The zero-order valence-corrected chi connectivity index (χ0v) is 11.3. The highest BCUT2D eigenvalue weighted by Gasteiger charge is 2.36. The molecule has 1 aromatic carbocycles. The SMILES string of the molecule is Cn1ncc2c1Nc1ccccc1N(C(=O)C1CC1)C2. The van der Waals surface area contributed by atoms with Crippen LogP contribution in [0.5, 0.6) is 0 Å². The molecule has 20 heavy (non-hydrogen) atoms. The molecular weight excluding hydrogens is 252 g/mol. The molecule has 0 spiro atoms. The van der Waals surface area contributed by atoms with Crippen molar-refractivity contribution in [1.29, 1.82) is 0 Å². The van der Waals surface area contributed by atoms with E-state index in [0.29, 0.717) is 6.54 Å². The Morgan fingerprint density at radius 1 is 1.35 bits per heavy atom. The number of rotatable bonds is 1. The Hall–Kier alpha value is -2.30. The van der Waals surface area contributed by atoms with E-state index < -0.39 is 0 Å². The van der Waals surface area contributed by atoms with Gasteiger partial charge in [0.2, 0.25) is 5.91 Å². The van der Waals surface area contributed by atoms with Crippen molar-refractivity contribution in [3.05, 3.63) is 36.0 Å². The molecule has 0 unspecified atom stereocenters. The Labute approximate surface area is 117 Å². The third-order valence-electron chi connectivity index (χ3n) is 3.98. The maximum absolute atomic E-state index is 12.6. The Balaban J connectivity index is 1.84. The first-order valence-electron chi connectivity index (χ1n) is 6.92. The molecule has 1 aromatic heterocycles. The summed E-state index contributed by atoms with van der Waals surface area (Å²) < 4.78 is 1.82. The van der Waals surface area contributed by atoms with Gasteiger partial charge in [-0.25, -0.2) is 0 Å². The van der Waals surface area contributed by atoms with Gasteiger partial charge in [-0.05, 0) is 25.0 Å². The van der Waals surface area contributed by atoms with E-state index >= 15 is 0 Å². The first kappa shape index (κ1) is 11.5. The minimum atomic E-state index is 0.210. The number of hydrogen-bond donors (Lipinski definition) is 1. The molecule has 1 aliphatic carbocycles. The lowest BCUT2D eigenvalue weighted by atomic mass is 10.2. The smallest absolute Gasteiger partial charge is 0.230 e. The van der Waals surface area contributed by atoms with E-state index in [1.54, 1.807) is 0 Å². The topological polar surface area (TPSA) is 50.2 Å². The van der Waals surface area contributed by atoms with Crippen LogP contribution < -0.4 is 10.2 Å². The predicted molar refractivity (Wildman–Crippen MR) is 76.8 cm³/mol. The average molecular weight is 268 g/mol. The summed E-state index contributed by atoms with van der Waals surface area (Å²) in [4.78, 5) is 14.5. The summed E-state index contributed by atoms with van der Waals surface area (Å²) >= 11 is 0. The van der Waals surface area contributed by atoms with Gasteiger partial charge in [0, 0.05) is 18.5 Å². The van der Waals surface area contributed by atoms with Gasteiger partial charge < -0.3 is 10.2 Å². The number of aromatic nitrogens is 2. The van der Waals surface area contributed by atoms with Gasteiger partial charge in [0.25, 0.3) is 0 Å². The third kappa shape index (κ3) is 1.70. The van der Waals surface area contributed by atoms with Crippen LogP contribution in [0.3, 0.4) is 0 Å². The van der Waals surface area contributed by atoms with E-state index in [9.17, 15) is 4.79 Å². The molecule has 1 aliphatic heterocycles. The molecule has 2 aliphatic rings. The van der Waals surface area contributed by atoms with Crippen molar-refractivity contribution >= 4 is 23.1 Å². The maximum Gasteiger partial charge on any atom is 0.230 e. The van der Waals surface area contributed by atoms with E-state index in [-0.39, 0.29) is 11.8 Å². The molecule has 1 N–H and O–H groups in total. The molecule has 0 bridgehead atoms. The highest BCUT2D eigenvalue weighted by atomic mass is 16.2. The second kappa shape index (κ2) is 4.10. The number of aryl methyl sites for hydroxylation is 1. The van der Waals surface area contributed by atoms with Gasteiger partial charge in [-0.1, -0.05) is 12.1 Å². The predicted octanol–water partition coefficient (Wildman–Crippen LogP) is 2.42. The van der Waals surface area contributed by atoms with Gasteiger partial charge in [-0.2, -0.15) is 5.10 Å². The molecule has 1 fully saturated rings. The standard InChI is InChI=1S/C15H16N4O/c1-18-14-11(8-16-18)9-19(15(20)10-6-7-10)13-5-3-2-4-12(13)17-14/h2-5,8,10,17H,6-7,9H2,1H3. The summed E-state index contributed by atoms with van der Waals surface area (Å²) in [5.74, 6) is 1.40. The van der Waals surface area contributed by atoms with Crippen molar-refractivity contribution in [2.45, 2.75) is 19.4 Å². The van der Waals surface area contributed by atoms with Crippen molar-refractivity contribution in [3.8, 4) is 0 Å². The van der Waals surface area contributed by atoms with Crippen LogP contribution in [0.25, 0.3) is 0 Å². The van der Waals surface area contributed by atoms with Crippen molar-refractivity contribution in [1.82, 2.24) is 9.78 Å². The highest BCUT2D eigenvalue weighted by molar-refractivity contribution is 6.00. The lowest BCUT2D eigenvalue weighted by molar-refractivity contribution is -0.119. The van der Waals surface area contributed by atoms with Crippen molar-refractivity contribution < 1.29 is 4.79 Å². The van der Waals surface area contributed by atoms with Crippen LogP contribution in [-0.4, -0.2) is 15.7 Å². The summed E-state index contributed by atoms with van der Waals surface area (Å²) in [5, 5.41) is 7.69. The second-order valence-corrected chi connectivity index (χ2v) is 5.48. The first-order valence-corrected chi connectivity index (χ1v) is 6.92. The molecule has 5 nitrogen and oxygen atoms in total. The third-order valence-corrected chi connectivity index (χ3v) is 3.98. The fourth-order valence-corrected chi connectivity index (χ4v) is 2.70. The lowest BCUT2D eigenvalue weighted by Crippen LogP contribution is -2.31. The zero-order valence-electron chi connectivity index (χ0n) is 11.3. The average Bonchev–Trinajstić information content (AvgIpc) is 3.26. The van der Waals surface area contributed by atoms with Gasteiger partial charge in [0.15, 0.2) is 0 Å². The number of benzene rings is 1. The van der Waals surface area contributed by atoms with Crippen molar-refractivity contribution in [3.63, 3.8) is 0 Å². The molecule has 102 valence electrons. The number of nitrogens with one attached hydrogen (secondary N) is 1. The van der Waals surface area contributed by atoms with Crippen LogP contribution in [0.2, 0.25) is 0 Å². The number of nitrogens with zero attached hydrogens (tertiary/aromatic N) is 3. The normalized spacial score (nSPS) is 16.9. The molecule has 0 radical (unpaired) electrons. The highest BCUT2D eigenvalue weighted by Crippen LogP contribution is 2.39. The summed E-state index contributed by atoms with van der Waals surface area (Å²) in [7, 11) is 1.91. The molecule has 4 rings (SSSR count). The van der Waals surface area contributed by atoms with Crippen molar-refractivity contribution in [2.75, 3.05) is 10.2 Å². The zero-order chi connectivity index (χ0) is 13.7. The molecule has 1 amide bonds. The minimum absolute atomic E-state index is 0.210. The van der Waals surface area contributed by atoms with E-state index in [2.05, 4.69) is 10.4 Å². The maximum atomic E-state index is 12.6. The second-order valence-electron chi connectivity index (χ2n) is 5.48. The van der Waals surface area contributed by atoms with Crippen LogP contribution in [0, 0.1) is 5.92 Å². The fraction of sp³-hybridized carbons (Fsp3) is 0.333. The van der Waals surface area contributed by atoms with Crippen LogP contribution in [0.15, 0.2) is 30.5 Å².